The maximum Gasteiger partial charge on any atom is 0.251 e. The number of hydrogen-bond donors (Lipinski definition) is 1. The molecule has 1 aliphatic rings. The summed E-state index contributed by atoms with van der Waals surface area (Å²) < 4.78 is 40.2. The number of amides is 1. The Morgan fingerprint density at radius 2 is 1.73 bits per heavy atom. The van der Waals surface area contributed by atoms with Crippen molar-refractivity contribution < 1.29 is 17.6 Å². The molecule has 1 amide bonds. The van der Waals surface area contributed by atoms with E-state index < -0.39 is 10.0 Å². The van der Waals surface area contributed by atoms with E-state index in [1.807, 2.05) is 6.07 Å². The van der Waals surface area contributed by atoms with Gasteiger partial charge in [-0.25, -0.2) is 17.1 Å². The van der Waals surface area contributed by atoms with Gasteiger partial charge in [-0.3, -0.25) is 4.79 Å². The number of carbonyl (C=O) groups excluding carboxylic acids is 1. The summed E-state index contributed by atoms with van der Waals surface area (Å²) in [5.41, 5.74) is 1.83. The number of thioether (sulfide) groups is 1. The van der Waals surface area contributed by atoms with Gasteiger partial charge in [0.05, 0.1) is 5.75 Å². The molecule has 0 aromatic heterocycles. The number of benzene rings is 2. The normalized spacial score (nSPS) is 15.1. The Balaban J connectivity index is 1.42. The van der Waals surface area contributed by atoms with E-state index in [-0.39, 0.29) is 17.5 Å². The average molecular weight is 451 g/mol. The Morgan fingerprint density at radius 3 is 2.43 bits per heavy atom. The third-order valence-corrected chi connectivity index (χ3v) is 7.88. The van der Waals surface area contributed by atoms with Gasteiger partial charge in [0.2, 0.25) is 10.0 Å². The third kappa shape index (κ3) is 6.55. The predicted octanol–water partition coefficient (Wildman–Crippen LogP) is 3.80. The van der Waals surface area contributed by atoms with E-state index in [0.29, 0.717) is 47.8 Å². The number of nitrogens with one attached hydrogen (secondary N) is 1. The molecule has 0 radical (unpaired) electrons. The quantitative estimate of drug-likeness (QED) is 0.590. The van der Waals surface area contributed by atoms with E-state index in [9.17, 15) is 17.6 Å². The van der Waals surface area contributed by atoms with Crippen LogP contribution in [0.15, 0.2) is 48.5 Å². The SMILES string of the molecule is O=C(NCCSCc1ccccc1F)c1ccc(CS(=O)(=O)N2CCCCC2)cc1. The van der Waals surface area contributed by atoms with Crippen molar-refractivity contribution >= 4 is 27.7 Å². The Labute approximate surface area is 182 Å². The fourth-order valence-electron chi connectivity index (χ4n) is 3.33. The molecule has 0 aliphatic carbocycles. The molecule has 1 fully saturated rings. The summed E-state index contributed by atoms with van der Waals surface area (Å²) in [6.45, 7) is 1.67. The minimum absolute atomic E-state index is 0.0401. The molecular weight excluding hydrogens is 423 g/mol. The molecule has 1 saturated heterocycles. The van der Waals surface area contributed by atoms with Gasteiger partial charge in [-0.05, 0) is 42.2 Å². The molecule has 0 atom stereocenters. The first kappa shape index (κ1) is 22.8. The molecule has 3 rings (SSSR count). The number of rotatable bonds is 9. The molecule has 1 N–H and O–H groups in total. The first-order valence-electron chi connectivity index (χ1n) is 10.1. The van der Waals surface area contributed by atoms with Crippen molar-refractivity contribution in [2.24, 2.45) is 0 Å². The van der Waals surface area contributed by atoms with E-state index in [2.05, 4.69) is 5.32 Å². The van der Waals surface area contributed by atoms with Crippen LogP contribution >= 0.6 is 11.8 Å². The van der Waals surface area contributed by atoms with Crippen LogP contribution in [0.4, 0.5) is 4.39 Å². The number of carbonyl (C=O) groups is 1. The molecule has 30 heavy (non-hydrogen) atoms. The summed E-state index contributed by atoms with van der Waals surface area (Å²) in [5, 5.41) is 2.84. The first-order valence-corrected chi connectivity index (χ1v) is 12.9. The summed E-state index contributed by atoms with van der Waals surface area (Å²) in [6.07, 6.45) is 2.91. The van der Waals surface area contributed by atoms with Gasteiger partial charge in [0.25, 0.3) is 5.91 Å². The van der Waals surface area contributed by atoms with Crippen LogP contribution in [-0.4, -0.2) is 44.0 Å². The van der Waals surface area contributed by atoms with Crippen molar-refractivity contribution in [1.82, 2.24) is 9.62 Å². The highest BCUT2D eigenvalue weighted by molar-refractivity contribution is 7.98. The smallest absolute Gasteiger partial charge is 0.251 e. The van der Waals surface area contributed by atoms with E-state index in [0.717, 1.165) is 19.3 Å². The second-order valence-electron chi connectivity index (χ2n) is 7.31. The van der Waals surface area contributed by atoms with Crippen LogP contribution in [0.5, 0.6) is 0 Å². The molecule has 0 spiro atoms. The molecule has 2 aromatic rings. The van der Waals surface area contributed by atoms with Gasteiger partial charge in [-0.1, -0.05) is 36.8 Å². The van der Waals surface area contributed by atoms with E-state index in [4.69, 9.17) is 0 Å². The minimum Gasteiger partial charge on any atom is -0.351 e. The van der Waals surface area contributed by atoms with E-state index >= 15 is 0 Å². The van der Waals surface area contributed by atoms with Crippen molar-refractivity contribution in [2.45, 2.75) is 30.8 Å². The van der Waals surface area contributed by atoms with E-state index in [1.165, 1.54) is 6.07 Å². The minimum atomic E-state index is -3.31. The van der Waals surface area contributed by atoms with Gasteiger partial charge >= 0.3 is 0 Å². The number of halogens is 1. The van der Waals surface area contributed by atoms with Gasteiger partial charge < -0.3 is 5.32 Å². The predicted molar refractivity (Wildman–Crippen MR) is 119 cm³/mol. The van der Waals surface area contributed by atoms with E-state index in [1.54, 1.807) is 52.5 Å². The molecule has 0 unspecified atom stereocenters. The molecule has 1 heterocycles. The lowest BCUT2D eigenvalue weighted by atomic mass is 10.1. The molecular formula is C22H27FN2O3S2. The zero-order valence-corrected chi connectivity index (χ0v) is 18.5. The largest absolute Gasteiger partial charge is 0.351 e. The highest BCUT2D eigenvalue weighted by atomic mass is 32.2. The van der Waals surface area contributed by atoms with Gasteiger partial charge in [0.1, 0.15) is 5.82 Å². The molecule has 2 aromatic carbocycles. The molecule has 5 nitrogen and oxygen atoms in total. The van der Waals surface area contributed by atoms with Crippen LogP contribution in [0.25, 0.3) is 0 Å². The van der Waals surface area contributed by atoms with Gasteiger partial charge in [0.15, 0.2) is 0 Å². The Hall–Kier alpha value is -1.90. The van der Waals surface area contributed by atoms with Crippen LogP contribution in [0, 0.1) is 5.82 Å². The Morgan fingerprint density at radius 1 is 1.03 bits per heavy atom. The Bertz CT molecular complexity index is 943. The lowest BCUT2D eigenvalue weighted by Crippen LogP contribution is -2.36. The summed E-state index contributed by atoms with van der Waals surface area (Å²) in [6, 6.07) is 13.4. The summed E-state index contributed by atoms with van der Waals surface area (Å²) in [5.74, 6) is 0.777. The summed E-state index contributed by atoms with van der Waals surface area (Å²) in [7, 11) is -3.31. The van der Waals surface area contributed by atoms with Gasteiger partial charge in [-0.15, -0.1) is 0 Å². The number of hydrogen-bond acceptors (Lipinski definition) is 4. The maximum absolute atomic E-state index is 13.6. The standard InChI is InChI=1S/C22H27FN2O3S2/c23-21-7-3-2-6-20(21)16-29-15-12-24-22(26)19-10-8-18(9-11-19)17-30(27,28)25-13-4-1-5-14-25/h2-3,6-11H,1,4-5,12-17H2,(H,24,26). The van der Waals surface area contributed by atoms with Crippen LogP contribution in [0.1, 0.15) is 40.7 Å². The zero-order valence-electron chi connectivity index (χ0n) is 16.8. The lowest BCUT2D eigenvalue weighted by Gasteiger charge is -2.25. The second kappa shape index (κ2) is 10.9. The zero-order chi connectivity index (χ0) is 21.4. The highest BCUT2D eigenvalue weighted by Gasteiger charge is 2.24. The Kier molecular flexibility index (Phi) is 8.30. The number of piperidine rings is 1. The van der Waals surface area contributed by atoms with Gasteiger partial charge in [-0.2, -0.15) is 11.8 Å². The number of sulfonamides is 1. The van der Waals surface area contributed by atoms with Crippen molar-refractivity contribution in [3.8, 4) is 0 Å². The van der Waals surface area contributed by atoms with Crippen molar-refractivity contribution in [2.75, 3.05) is 25.4 Å². The molecule has 1 aliphatic heterocycles. The summed E-state index contributed by atoms with van der Waals surface area (Å²) >= 11 is 1.55. The lowest BCUT2D eigenvalue weighted by molar-refractivity contribution is 0.0956. The molecule has 0 bridgehead atoms. The van der Waals surface area contributed by atoms with Crippen LogP contribution in [0.2, 0.25) is 0 Å². The second-order valence-corrected chi connectivity index (χ2v) is 10.4. The molecule has 0 saturated carbocycles. The monoisotopic (exact) mass is 450 g/mol. The van der Waals surface area contributed by atoms with Crippen LogP contribution in [-0.2, 0) is 21.5 Å². The fourth-order valence-corrected chi connectivity index (χ4v) is 5.79. The van der Waals surface area contributed by atoms with Crippen LogP contribution < -0.4 is 5.32 Å². The first-order chi connectivity index (χ1) is 14.5. The summed E-state index contributed by atoms with van der Waals surface area (Å²) in [4.78, 5) is 12.3. The molecule has 162 valence electrons. The average Bonchev–Trinajstić information content (AvgIpc) is 2.75. The molecule has 8 heteroatoms. The topological polar surface area (TPSA) is 66.5 Å². The van der Waals surface area contributed by atoms with Crippen LogP contribution in [0.3, 0.4) is 0 Å². The van der Waals surface area contributed by atoms with Crippen molar-refractivity contribution in [3.05, 3.63) is 71.0 Å². The van der Waals surface area contributed by atoms with Crippen molar-refractivity contribution in [1.29, 1.82) is 0 Å². The third-order valence-electron chi connectivity index (χ3n) is 5.02. The highest BCUT2D eigenvalue weighted by Crippen LogP contribution is 2.18. The van der Waals surface area contributed by atoms with Crippen molar-refractivity contribution in [3.63, 3.8) is 0 Å². The van der Waals surface area contributed by atoms with Gasteiger partial charge in [0, 0.05) is 36.7 Å². The number of nitrogens with zero attached hydrogens (tertiary/aromatic N) is 1. The fraction of sp³-hybridized carbons (Fsp3) is 0.409. The maximum atomic E-state index is 13.6.